The Balaban J connectivity index is 1.99. The van der Waals surface area contributed by atoms with Crippen molar-refractivity contribution in [2.75, 3.05) is 4.90 Å². The van der Waals surface area contributed by atoms with Crippen molar-refractivity contribution in [3.8, 4) is 0 Å². The van der Waals surface area contributed by atoms with Crippen LogP contribution in [0, 0.1) is 0 Å². The molecule has 1 atom stereocenters. The van der Waals surface area contributed by atoms with Crippen LogP contribution in [0.4, 0.5) is 5.69 Å². The van der Waals surface area contributed by atoms with E-state index < -0.39 is 0 Å². The van der Waals surface area contributed by atoms with Gasteiger partial charge in [0.15, 0.2) is 0 Å². The summed E-state index contributed by atoms with van der Waals surface area (Å²) in [6, 6.07) is 7.86. The van der Waals surface area contributed by atoms with Gasteiger partial charge < -0.3 is 4.90 Å². The molecule has 1 aliphatic heterocycles. The predicted molar refractivity (Wildman–Crippen MR) is 81.8 cm³/mol. The Kier molecular flexibility index (Phi) is 3.52. The Hall–Kier alpha value is -0.670. The summed E-state index contributed by atoms with van der Waals surface area (Å²) in [5.74, 6) is 0. The highest BCUT2D eigenvalue weighted by Crippen LogP contribution is 2.51. The summed E-state index contributed by atoms with van der Waals surface area (Å²) in [6.07, 6.45) is 5.94. The fraction of sp³-hybridized carbons (Fsp3) is 0.533. The van der Waals surface area contributed by atoms with Crippen LogP contribution >= 0.6 is 23.4 Å². The number of halogens is 1. The topological polar surface area (TPSA) is 20.3 Å². The predicted octanol–water partition coefficient (Wildman–Crippen LogP) is 4.47. The molecule has 0 N–H and O–H groups in total. The van der Waals surface area contributed by atoms with Gasteiger partial charge >= 0.3 is 0 Å². The Morgan fingerprint density at radius 2 is 1.84 bits per heavy atom. The number of nitrogens with zero attached hydrogens (tertiary/aromatic N) is 1. The molecular weight excluding hydrogens is 278 g/mol. The molecule has 1 heterocycles. The lowest BCUT2D eigenvalue weighted by molar-refractivity contribution is -0.111. The summed E-state index contributed by atoms with van der Waals surface area (Å²) in [6.45, 7) is 2.02. The van der Waals surface area contributed by atoms with Crippen molar-refractivity contribution in [3.63, 3.8) is 0 Å². The molecule has 4 heteroatoms. The molecule has 1 saturated carbocycles. The molecule has 1 spiro atoms. The van der Waals surface area contributed by atoms with Gasteiger partial charge in [-0.3, -0.25) is 4.79 Å². The smallest absolute Gasteiger partial charge is 0.213 e. The van der Waals surface area contributed by atoms with Crippen LogP contribution in [0.3, 0.4) is 0 Å². The fourth-order valence-electron chi connectivity index (χ4n) is 3.29. The summed E-state index contributed by atoms with van der Waals surface area (Å²) < 4.78 is 0. The van der Waals surface area contributed by atoms with Gasteiger partial charge in [-0.05, 0) is 44.0 Å². The maximum atomic E-state index is 12.2. The lowest BCUT2D eigenvalue weighted by atomic mass is 9.92. The first-order chi connectivity index (χ1) is 9.12. The van der Waals surface area contributed by atoms with E-state index in [2.05, 4.69) is 4.90 Å². The van der Waals surface area contributed by atoms with Crippen LogP contribution in [-0.4, -0.2) is 16.0 Å². The van der Waals surface area contributed by atoms with E-state index in [0.717, 1.165) is 23.6 Å². The lowest BCUT2D eigenvalue weighted by Crippen LogP contribution is -2.47. The van der Waals surface area contributed by atoms with Gasteiger partial charge in [-0.2, -0.15) is 0 Å². The number of hydrogen-bond acceptors (Lipinski definition) is 3. The molecule has 102 valence electrons. The quantitative estimate of drug-likeness (QED) is 0.762. The second kappa shape index (κ2) is 5.02. The number of carbonyl (C=O) groups is 1. The molecule has 19 heavy (non-hydrogen) atoms. The van der Waals surface area contributed by atoms with Crippen molar-refractivity contribution >= 4 is 34.2 Å². The Morgan fingerprint density at radius 1 is 1.21 bits per heavy atom. The second-order valence-corrected chi connectivity index (χ2v) is 7.25. The van der Waals surface area contributed by atoms with Gasteiger partial charge in [0, 0.05) is 10.7 Å². The van der Waals surface area contributed by atoms with Gasteiger partial charge in [-0.1, -0.05) is 42.6 Å². The number of hydrogen-bond donors (Lipinski definition) is 0. The minimum Gasteiger partial charge on any atom is -0.346 e. The van der Waals surface area contributed by atoms with Crippen molar-refractivity contribution in [1.29, 1.82) is 0 Å². The van der Waals surface area contributed by atoms with Gasteiger partial charge in [0.1, 0.15) is 0 Å². The fourth-order valence-corrected chi connectivity index (χ4v) is 4.92. The summed E-state index contributed by atoms with van der Waals surface area (Å²) in [4.78, 5) is 14.5. The third-order valence-corrected chi connectivity index (χ3v) is 5.98. The molecule has 2 aliphatic rings. The number of benzene rings is 1. The largest absolute Gasteiger partial charge is 0.346 e. The van der Waals surface area contributed by atoms with Crippen molar-refractivity contribution in [2.24, 2.45) is 0 Å². The molecule has 2 nitrogen and oxygen atoms in total. The summed E-state index contributed by atoms with van der Waals surface area (Å²) in [5, 5.41) is 1.05. The van der Waals surface area contributed by atoms with E-state index in [0.29, 0.717) is 5.12 Å². The lowest BCUT2D eigenvalue weighted by Gasteiger charge is -2.42. The maximum Gasteiger partial charge on any atom is 0.213 e. The van der Waals surface area contributed by atoms with Gasteiger partial charge in [0.25, 0.3) is 0 Å². The maximum absolute atomic E-state index is 12.2. The average molecular weight is 296 g/mol. The van der Waals surface area contributed by atoms with Crippen LogP contribution in [0.2, 0.25) is 5.02 Å². The molecule has 2 fully saturated rings. The van der Waals surface area contributed by atoms with Crippen molar-refractivity contribution < 1.29 is 4.79 Å². The highest BCUT2D eigenvalue weighted by atomic mass is 35.5. The Bertz CT molecular complexity index is 481. The van der Waals surface area contributed by atoms with Gasteiger partial charge in [-0.15, -0.1) is 0 Å². The third-order valence-electron chi connectivity index (χ3n) is 4.20. The van der Waals surface area contributed by atoms with Crippen LogP contribution in [0.15, 0.2) is 24.3 Å². The highest BCUT2D eigenvalue weighted by Gasteiger charge is 2.50. The van der Waals surface area contributed by atoms with Gasteiger partial charge in [-0.25, -0.2) is 0 Å². The third kappa shape index (κ3) is 2.27. The monoisotopic (exact) mass is 295 g/mol. The molecule has 3 rings (SSSR count). The first-order valence-electron chi connectivity index (χ1n) is 6.90. The van der Waals surface area contributed by atoms with E-state index in [4.69, 9.17) is 11.6 Å². The SMILES string of the molecule is C[C@@H]1C(=O)SC2(CCCCC2)N1c1ccc(Cl)cc1. The molecular formula is C15H18ClNOS. The van der Waals surface area contributed by atoms with E-state index in [1.54, 1.807) is 11.8 Å². The van der Waals surface area contributed by atoms with E-state index in [-0.39, 0.29) is 10.9 Å². The molecule has 0 aromatic heterocycles. The van der Waals surface area contributed by atoms with Crippen molar-refractivity contribution in [2.45, 2.75) is 49.9 Å². The first kappa shape index (κ1) is 13.3. The van der Waals surface area contributed by atoms with Crippen LogP contribution in [0.1, 0.15) is 39.0 Å². The molecule has 0 radical (unpaired) electrons. The minimum absolute atomic E-state index is 0.0113. The zero-order valence-electron chi connectivity index (χ0n) is 11.1. The molecule has 0 amide bonds. The normalized spacial score (nSPS) is 26.1. The standard InChI is InChI=1S/C15H18ClNOS/c1-11-14(18)19-15(9-3-2-4-10-15)17(11)13-7-5-12(16)6-8-13/h5-8,11H,2-4,9-10H2,1H3/t11-/m1/s1. The van der Waals surface area contributed by atoms with E-state index >= 15 is 0 Å². The Labute approximate surface area is 123 Å². The minimum atomic E-state index is -0.0377. The van der Waals surface area contributed by atoms with Crippen LogP contribution in [0.5, 0.6) is 0 Å². The number of anilines is 1. The van der Waals surface area contributed by atoms with Gasteiger partial charge in [0.2, 0.25) is 5.12 Å². The van der Waals surface area contributed by atoms with Crippen LogP contribution in [0.25, 0.3) is 0 Å². The molecule has 0 unspecified atom stereocenters. The van der Waals surface area contributed by atoms with Crippen LogP contribution < -0.4 is 4.90 Å². The van der Waals surface area contributed by atoms with E-state index in [1.807, 2.05) is 31.2 Å². The number of carbonyl (C=O) groups excluding carboxylic acids is 1. The summed E-state index contributed by atoms with van der Waals surface area (Å²) in [7, 11) is 0. The molecule has 0 bridgehead atoms. The van der Waals surface area contributed by atoms with Gasteiger partial charge in [0.05, 0.1) is 10.9 Å². The Morgan fingerprint density at radius 3 is 2.47 bits per heavy atom. The number of thioether (sulfide) groups is 1. The van der Waals surface area contributed by atoms with Crippen molar-refractivity contribution in [1.82, 2.24) is 0 Å². The molecule has 1 aromatic carbocycles. The molecule has 1 saturated heterocycles. The second-order valence-electron chi connectivity index (χ2n) is 5.45. The van der Waals surface area contributed by atoms with Crippen molar-refractivity contribution in [3.05, 3.63) is 29.3 Å². The number of rotatable bonds is 1. The average Bonchev–Trinajstić information content (AvgIpc) is 2.64. The summed E-state index contributed by atoms with van der Waals surface area (Å²) in [5.41, 5.74) is 1.12. The highest BCUT2D eigenvalue weighted by molar-refractivity contribution is 8.15. The summed E-state index contributed by atoms with van der Waals surface area (Å²) >= 11 is 7.53. The molecule has 1 aromatic rings. The van der Waals surface area contributed by atoms with E-state index in [9.17, 15) is 4.79 Å². The van der Waals surface area contributed by atoms with E-state index in [1.165, 1.54) is 19.3 Å². The first-order valence-corrected chi connectivity index (χ1v) is 8.10. The zero-order chi connectivity index (χ0) is 13.5. The van der Waals surface area contributed by atoms with Crippen LogP contribution in [-0.2, 0) is 4.79 Å². The molecule has 1 aliphatic carbocycles. The zero-order valence-corrected chi connectivity index (χ0v) is 12.6.